The van der Waals surface area contributed by atoms with E-state index in [9.17, 15) is 14.0 Å². The van der Waals surface area contributed by atoms with Gasteiger partial charge >= 0.3 is 0 Å². The van der Waals surface area contributed by atoms with Gasteiger partial charge in [-0.3, -0.25) is 9.59 Å². The molecule has 0 radical (unpaired) electrons. The highest BCUT2D eigenvalue weighted by atomic mass is 32.1. The second-order valence-corrected chi connectivity index (χ2v) is 8.07. The summed E-state index contributed by atoms with van der Waals surface area (Å²) in [5.41, 5.74) is 0.906. The lowest BCUT2D eigenvalue weighted by molar-refractivity contribution is -0.135. The smallest absolute Gasteiger partial charge is 0.264 e. The largest absolute Gasteiger partial charge is 0.336 e. The van der Waals surface area contributed by atoms with Gasteiger partial charge in [0.25, 0.3) is 5.91 Å². The maximum Gasteiger partial charge on any atom is 0.264 e. The highest BCUT2D eigenvalue weighted by Crippen LogP contribution is 2.30. The van der Waals surface area contributed by atoms with Crippen LogP contribution in [-0.4, -0.2) is 60.4 Å². The summed E-state index contributed by atoms with van der Waals surface area (Å²) < 4.78 is 13.1. The Kier molecular flexibility index (Phi) is 5.22. The summed E-state index contributed by atoms with van der Waals surface area (Å²) in [6.45, 7) is 3.21. The topological polar surface area (TPSA) is 52.7 Å². The number of likely N-dealkylation sites (tertiary alicyclic amines) is 1. The lowest BCUT2D eigenvalue weighted by Gasteiger charge is -2.41. The molecular formula is C20H22FN3O2S. The van der Waals surface area contributed by atoms with E-state index in [1.807, 2.05) is 21.9 Å². The molecule has 1 aromatic carbocycles. The minimum Gasteiger partial charge on any atom is -0.336 e. The van der Waals surface area contributed by atoms with Gasteiger partial charge in [-0.15, -0.1) is 11.3 Å². The SMILES string of the molecule is O=C(c1ccc(-c2ccc(F)cc2)s1)N1CCCC(N2CCNCC2=O)C1. The Morgan fingerprint density at radius 3 is 2.74 bits per heavy atom. The maximum atomic E-state index is 13.1. The average Bonchev–Trinajstić information content (AvgIpc) is 3.18. The highest BCUT2D eigenvalue weighted by molar-refractivity contribution is 7.17. The number of rotatable bonds is 3. The number of hydrogen-bond acceptors (Lipinski definition) is 4. The zero-order chi connectivity index (χ0) is 18.8. The van der Waals surface area contributed by atoms with Crippen LogP contribution >= 0.6 is 11.3 Å². The Hall–Kier alpha value is -2.25. The highest BCUT2D eigenvalue weighted by Gasteiger charge is 2.32. The lowest BCUT2D eigenvalue weighted by Crippen LogP contribution is -2.57. The number of nitrogens with one attached hydrogen (secondary N) is 1. The summed E-state index contributed by atoms with van der Waals surface area (Å²) in [5, 5.41) is 3.09. The van der Waals surface area contributed by atoms with E-state index in [0.717, 1.165) is 36.4 Å². The second kappa shape index (κ2) is 7.78. The van der Waals surface area contributed by atoms with Gasteiger partial charge in [-0.05, 0) is 42.7 Å². The van der Waals surface area contributed by atoms with Crippen molar-refractivity contribution in [3.05, 3.63) is 47.1 Å². The number of carbonyl (C=O) groups excluding carboxylic acids is 2. The molecule has 1 aromatic heterocycles. The molecule has 5 nitrogen and oxygen atoms in total. The van der Waals surface area contributed by atoms with Crippen LogP contribution in [0.25, 0.3) is 10.4 Å². The molecular weight excluding hydrogens is 365 g/mol. The number of amides is 2. The summed E-state index contributed by atoms with van der Waals surface area (Å²) in [4.78, 5) is 30.5. The Bertz CT molecular complexity index is 836. The van der Waals surface area contributed by atoms with Gasteiger partial charge in [-0.1, -0.05) is 12.1 Å². The van der Waals surface area contributed by atoms with E-state index < -0.39 is 0 Å². The van der Waals surface area contributed by atoms with Crippen molar-refractivity contribution < 1.29 is 14.0 Å². The third-order valence-electron chi connectivity index (χ3n) is 5.20. The zero-order valence-electron chi connectivity index (χ0n) is 15.0. The number of thiophene rings is 1. The van der Waals surface area contributed by atoms with Gasteiger partial charge in [-0.25, -0.2) is 4.39 Å². The van der Waals surface area contributed by atoms with Crippen molar-refractivity contribution in [3.63, 3.8) is 0 Å². The van der Waals surface area contributed by atoms with Gasteiger partial charge in [0.1, 0.15) is 5.82 Å². The number of piperidine rings is 1. The molecule has 0 aliphatic carbocycles. The van der Waals surface area contributed by atoms with E-state index >= 15 is 0 Å². The number of nitrogens with zero attached hydrogens (tertiary/aromatic N) is 2. The van der Waals surface area contributed by atoms with E-state index in [1.54, 1.807) is 12.1 Å². The molecule has 3 heterocycles. The van der Waals surface area contributed by atoms with Crippen molar-refractivity contribution in [2.45, 2.75) is 18.9 Å². The molecule has 2 aliphatic heterocycles. The maximum absolute atomic E-state index is 13.1. The van der Waals surface area contributed by atoms with Gasteiger partial charge < -0.3 is 15.1 Å². The molecule has 2 saturated heterocycles. The van der Waals surface area contributed by atoms with E-state index in [-0.39, 0.29) is 23.7 Å². The first-order valence-electron chi connectivity index (χ1n) is 9.27. The first kappa shape index (κ1) is 18.1. The van der Waals surface area contributed by atoms with Crippen molar-refractivity contribution >= 4 is 23.2 Å². The van der Waals surface area contributed by atoms with Gasteiger partial charge in [0.05, 0.1) is 11.4 Å². The van der Waals surface area contributed by atoms with E-state index in [4.69, 9.17) is 0 Å². The van der Waals surface area contributed by atoms with Crippen LogP contribution in [0, 0.1) is 5.82 Å². The number of piperazine rings is 1. The van der Waals surface area contributed by atoms with Crippen LogP contribution in [0.15, 0.2) is 36.4 Å². The minimum absolute atomic E-state index is 0.0145. The van der Waals surface area contributed by atoms with Crippen molar-refractivity contribution in [2.75, 3.05) is 32.7 Å². The quantitative estimate of drug-likeness (QED) is 0.881. The van der Waals surface area contributed by atoms with E-state index in [0.29, 0.717) is 24.5 Å². The summed E-state index contributed by atoms with van der Waals surface area (Å²) in [7, 11) is 0. The van der Waals surface area contributed by atoms with Crippen LogP contribution in [0.1, 0.15) is 22.5 Å². The third-order valence-corrected chi connectivity index (χ3v) is 6.32. The summed E-state index contributed by atoms with van der Waals surface area (Å²) in [5.74, 6) is -0.135. The Morgan fingerprint density at radius 1 is 1.15 bits per heavy atom. The molecule has 1 atom stereocenters. The standard InChI is InChI=1S/C20H22FN3O2S/c21-15-5-3-14(4-6-15)17-7-8-18(27-17)20(26)23-10-1-2-16(13-23)24-11-9-22-12-19(24)25/h3-8,16,22H,1-2,9-13H2. The van der Waals surface area contributed by atoms with E-state index in [1.165, 1.54) is 23.5 Å². The molecule has 142 valence electrons. The summed E-state index contributed by atoms with van der Waals surface area (Å²) in [6.07, 6.45) is 1.85. The van der Waals surface area contributed by atoms with Gasteiger partial charge in [-0.2, -0.15) is 0 Å². The van der Waals surface area contributed by atoms with Crippen molar-refractivity contribution in [3.8, 4) is 10.4 Å². The fourth-order valence-corrected chi connectivity index (χ4v) is 4.76. The molecule has 2 aliphatic rings. The molecule has 0 bridgehead atoms. The Balaban J connectivity index is 1.46. The van der Waals surface area contributed by atoms with Gasteiger partial charge in [0, 0.05) is 37.1 Å². The predicted octanol–water partition coefficient (Wildman–Crippen LogP) is 2.59. The van der Waals surface area contributed by atoms with Crippen LogP contribution in [0.5, 0.6) is 0 Å². The fraction of sp³-hybridized carbons (Fsp3) is 0.400. The van der Waals surface area contributed by atoms with Crippen LogP contribution < -0.4 is 5.32 Å². The molecule has 1 N–H and O–H groups in total. The number of halogens is 1. The molecule has 1 unspecified atom stereocenters. The number of carbonyl (C=O) groups is 2. The zero-order valence-corrected chi connectivity index (χ0v) is 15.8. The van der Waals surface area contributed by atoms with Crippen LogP contribution in [-0.2, 0) is 4.79 Å². The molecule has 4 rings (SSSR count). The number of benzene rings is 1. The number of hydrogen-bond donors (Lipinski definition) is 1. The van der Waals surface area contributed by atoms with Gasteiger partial charge in [0.15, 0.2) is 0 Å². The molecule has 27 heavy (non-hydrogen) atoms. The predicted molar refractivity (Wildman–Crippen MR) is 103 cm³/mol. The first-order chi connectivity index (χ1) is 13.1. The summed E-state index contributed by atoms with van der Waals surface area (Å²) in [6, 6.07) is 10.2. The molecule has 7 heteroatoms. The van der Waals surface area contributed by atoms with Crippen molar-refractivity contribution in [1.82, 2.24) is 15.1 Å². The van der Waals surface area contributed by atoms with Crippen LogP contribution in [0.2, 0.25) is 0 Å². The van der Waals surface area contributed by atoms with E-state index in [2.05, 4.69) is 5.32 Å². The van der Waals surface area contributed by atoms with Crippen LogP contribution in [0.4, 0.5) is 4.39 Å². The second-order valence-electron chi connectivity index (χ2n) is 6.98. The molecule has 0 spiro atoms. The molecule has 2 amide bonds. The molecule has 2 fully saturated rings. The molecule has 0 saturated carbocycles. The molecule has 2 aromatic rings. The third kappa shape index (κ3) is 3.89. The summed E-state index contributed by atoms with van der Waals surface area (Å²) >= 11 is 1.43. The van der Waals surface area contributed by atoms with Crippen LogP contribution in [0.3, 0.4) is 0 Å². The van der Waals surface area contributed by atoms with Crippen molar-refractivity contribution in [1.29, 1.82) is 0 Å². The minimum atomic E-state index is -0.270. The lowest BCUT2D eigenvalue weighted by atomic mass is 10.0. The fourth-order valence-electron chi connectivity index (χ4n) is 3.78. The Morgan fingerprint density at radius 2 is 1.96 bits per heavy atom. The van der Waals surface area contributed by atoms with Gasteiger partial charge in [0.2, 0.25) is 5.91 Å². The van der Waals surface area contributed by atoms with Crippen molar-refractivity contribution in [2.24, 2.45) is 0 Å². The first-order valence-corrected chi connectivity index (χ1v) is 10.1. The normalized spacial score (nSPS) is 20.8. The average molecular weight is 387 g/mol. The monoisotopic (exact) mass is 387 g/mol. The Labute approximate surface area is 161 Å².